The van der Waals surface area contributed by atoms with Gasteiger partial charge in [-0.3, -0.25) is 9.59 Å². The summed E-state index contributed by atoms with van der Waals surface area (Å²) in [4.78, 5) is 31.7. The van der Waals surface area contributed by atoms with Gasteiger partial charge in [-0.15, -0.1) is 23.1 Å². The van der Waals surface area contributed by atoms with Gasteiger partial charge in [0, 0.05) is 11.4 Å². The molecule has 2 heterocycles. The van der Waals surface area contributed by atoms with Gasteiger partial charge in [0.1, 0.15) is 11.8 Å². The van der Waals surface area contributed by atoms with Crippen LogP contribution in [0.3, 0.4) is 0 Å². The number of methoxy groups -OCH3 is 1. The fourth-order valence-electron chi connectivity index (χ4n) is 2.92. The van der Waals surface area contributed by atoms with Gasteiger partial charge in [0.25, 0.3) is 0 Å². The molecule has 1 unspecified atom stereocenters. The zero-order valence-corrected chi connectivity index (χ0v) is 18.1. The number of aromatic nitrogens is 1. The first-order valence-electron chi connectivity index (χ1n) is 8.94. The van der Waals surface area contributed by atoms with Crippen molar-refractivity contribution in [3.05, 3.63) is 48.5 Å². The van der Waals surface area contributed by atoms with E-state index in [-0.39, 0.29) is 17.6 Å². The maximum absolute atomic E-state index is 12.8. The van der Waals surface area contributed by atoms with E-state index in [2.05, 4.69) is 10.3 Å². The molecule has 0 saturated carbocycles. The molecule has 2 amide bonds. The number of para-hydroxylation sites is 1. The van der Waals surface area contributed by atoms with Crippen LogP contribution in [-0.4, -0.2) is 52.2 Å². The number of carbonyl (C=O) groups is 2. The fourth-order valence-corrected chi connectivity index (χ4v) is 6.06. The number of hydrogen-bond acceptors (Lipinski definition) is 7. The van der Waals surface area contributed by atoms with Crippen molar-refractivity contribution < 1.29 is 14.3 Å². The average Bonchev–Trinajstić information content (AvgIpc) is 3.39. The lowest BCUT2D eigenvalue weighted by molar-refractivity contribution is -0.134. The monoisotopic (exact) mass is 445 g/mol. The van der Waals surface area contributed by atoms with E-state index in [0.717, 1.165) is 20.3 Å². The first kappa shape index (κ1) is 20.1. The van der Waals surface area contributed by atoms with Crippen molar-refractivity contribution in [2.45, 2.75) is 10.4 Å². The van der Waals surface area contributed by atoms with Gasteiger partial charge in [-0.2, -0.15) is 0 Å². The quantitative estimate of drug-likeness (QED) is 0.580. The average molecular weight is 446 g/mol. The Balaban J connectivity index is 1.36. The maximum Gasteiger partial charge on any atom is 0.248 e. The van der Waals surface area contributed by atoms with Crippen LogP contribution in [0.1, 0.15) is 0 Å². The molecule has 0 spiro atoms. The van der Waals surface area contributed by atoms with Crippen molar-refractivity contribution >= 4 is 62.6 Å². The number of carbonyl (C=O) groups excluding carboxylic acids is 2. The van der Waals surface area contributed by atoms with Crippen LogP contribution in [0.5, 0.6) is 5.75 Å². The van der Waals surface area contributed by atoms with Crippen LogP contribution in [0.25, 0.3) is 10.2 Å². The van der Waals surface area contributed by atoms with Gasteiger partial charge in [0.05, 0.1) is 29.0 Å². The molecule has 1 aromatic heterocycles. The highest BCUT2D eigenvalue weighted by Gasteiger charge is 2.34. The molecule has 29 heavy (non-hydrogen) atoms. The van der Waals surface area contributed by atoms with Crippen LogP contribution < -0.4 is 10.1 Å². The Morgan fingerprint density at radius 3 is 2.79 bits per heavy atom. The maximum atomic E-state index is 12.8. The highest BCUT2D eigenvalue weighted by molar-refractivity contribution is 8.01. The Bertz CT molecular complexity index is 989. The largest absolute Gasteiger partial charge is 0.497 e. The van der Waals surface area contributed by atoms with Gasteiger partial charge in [-0.25, -0.2) is 4.98 Å². The van der Waals surface area contributed by atoms with Gasteiger partial charge in [0.2, 0.25) is 11.8 Å². The predicted molar refractivity (Wildman–Crippen MR) is 120 cm³/mol. The summed E-state index contributed by atoms with van der Waals surface area (Å²) < 4.78 is 7.10. The SMILES string of the molecule is COc1ccc(NC(=O)C2CSCN2C(=O)CSc2nc3ccccc3s2)cc1. The van der Waals surface area contributed by atoms with Crippen LogP contribution in [0.2, 0.25) is 0 Å². The topological polar surface area (TPSA) is 71.5 Å². The number of ether oxygens (including phenoxy) is 1. The third kappa shape index (κ3) is 4.68. The minimum absolute atomic E-state index is 0.0471. The van der Waals surface area contributed by atoms with E-state index in [1.807, 2.05) is 24.3 Å². The van der Waals surface area contributed by atoms with Crippen molar-refractivity contribution in [1.29, 1.82) is 0 Å². The second-order valence-corrected chi connectivity index (χ2v) is 9.59. The molecule has 1 aliphatic rings. The van der Waals surface area contributed by atoms with E-state index in [4.69, 9.17) is 4.74 Å². The van der Waals surface area contributed by atoms with E-state index in [0.29, 0.717) is 17.3 Å². The second-order valence-electron chi connectivity index (χ2n) is 6.33. The molecular formula is C20H19N3O3S3. The Kier molecular flexibility index (Phi) is 6.27. The van der Waals surface area contributed by atoms with E-state index in [1.54, 1.807) is 59.4 Å². The molecule has 6 nitrogen and oxygen atoms in total. The standard InChI is InChI=1S/C20H19N3O3S3/c1-26-14-8-6-13(7-9-14)21-19(25)16-10-27-12-23(16)18(24)11-28-20-22-15-4-2-3-5-17(15)29-20/h2-9,16H,10-12H2,1H3,(H,21,25). The molecule has 9 heteroatoms. The van der Waals surface area contributed by atoms with Crippen molar-refractivity contribution in [1.82, 2.24) is 9.88 Å². The number of nitrogens with one attached hydrogen (secondary N) is 1. The van der Waals surface area contributed by atoms with E-state index < -0.39 is 6.04 Å². The first-order chi connectivity index (χ1) is 14.1. The second kappa shape index (κ2) is 9.06. The van der Waals surface area contributed by atoms with Crippen LogP contribution >= 0.6 is 34.9 Å². The molecule has 3 aromatic rings. The first-order valence-corrected chi connectivity index (χ1v) is 11.9. The number of rotatable bonds is 6. The molecule has 1 N–H and O–H groups in total. The van der Waals surface area contributed by atoms with Gasteiger partial charge in [-0.1, -0.05) is 23.9 Å². The minimum Gasteiger partial charge on any atom is -0.497 e. The minimum atomic E-state index is -0.467. The fraction of sp³-hybridized carbons (Fsp3) is 0.250. The summed E-state index contributed by atoms with van der Waals surface area (Å²) in [5.74, 6) is 1.90. The molecule has 1 saturated heterocycles. The van der Waals surface area contributed by atoms with Crippen LogP contribution in [0, 0.1) is 0 Å². The van der Waals surface area contributed by atoms with Crippen LogP contribution in [0.15, 0.2) is 52.9 Å². The molecule has 1 aliphatic heterocycles. The highest BCUT2D eigenvalue weighted by Crippen LogP contribution is 2.30. The molecule has 0 aliphatic carbocycles. The predicted octanol–water partition coefficient (Wildman–Crippen LogP) is 3.94. The number of nitrogens with zero attached hydrogens (tertiary/aromatic N) is 2. The van der Waals surface area contributed by atoms with Gasteiger partial charge in [0.15, 0.2) is 4.34 Å². The molecular weight excluding hydrogens is 426 g/mol. The number of anilines is 1. The molecule has 150 valence electrons. The van der Waals surface area contributed by atoms with Crippen molar-refractivity contribution in [2.75, 3.05) is 29.8 Å². The summed E-state index contributed by atoms with van der Waals surface area (Å²) in [6, 6.07) is 14.6. The number of hydrogen-bond donors (Lipinski definition) is 1. The number of fused-ring (bicyclic) bond motifs is 1. The summed E-state index contributed by atoms with van der Waals surface area (Å²) in [6.45, 7) is 0. The van der Waals surface area contributed by atoms with Crippen molar-refractivity contribution in [3.63, 3.8) is 0 Å². The van der Waals surface area contributed by atoms with Gasteiger partial charge >= 0.3 is 0 Å². The van der Waals surface area contributed by atoms with Gasteiger partial charge in [-0.05, 0) is 36.4 Å². The normalized spacial score (nSPS) is 16.2. The van der Waals surface area contributed by atoms with E-state index >= 15 is 0 Å². The van der Waals surface area contributed by atoms with E-state index in [1.165, 1.54) is 11.8 Å². The lowest BCUT2D eigenvalue weighted by atomic mass is 10.2. The molecule has 1 atom stereocenters. The number of amides is 2. The summed E-state index contributed by atoms with van der Waals surface area (Å²) in [6.07, 6.45) is 0. The zero-order valence-electron chi connectivity index (χ0n) is 15.7. The Morgan fingerprint density at radius 2 is 2.03 bits per heavy atom. The lowest BCUT2D eigenvalue weighted by Crippen LogP contribution is -2.45. The smallest absolute Gasteiger partial charge is 0.248 e. The lowest BCUT2D eigenvalue weighted by Gasteiger charge is -2.22. The molecule has 0 bridgehead atoms. The number of benzene rings is 2. The third-order valence-corrected chi connectivity index (χ3v) is 7.63. The summed E-state index contributed by atoms with van der Waals surface area (Å²) in [7, 11) is 1.60. The van der Waals surface area contributed by atoms with Crippen molar-refractivity contribution in [3.8, 4) is 5.75 Å². The summed E-state index contributed by atoms with van der Waals surface area (Å²) in [5.41, 5.74) is 1.63. The molecule has 1 fully saturated rings. The summed E-state index contributed by atoms with van der Waals surface area (Å²) in [5, 5.41) is 2.89. The van der Waals surface area contributed by atoms with Crippen molar-refractivity contribution in [2.24, 2.45) is 0 Å². The number of thioether (sulfide) groups is 2. The van der Waals surface area contributed by atoms with Crippen LogP contribution in [0.4, 0.5) is 5.69 Å². The van der Waals surface area contributed by atoms with Crippen LogP contribution in [-0.2, 0) is 9.59 Å². The third-order valence-electron chi connectivity index (χ3n) is 4.46. The Labute approximate surface area is 181 Å². The number of thiazole rings is 1. The zero-order chi connectivity index (χ0) is 20.2. The molecule has 2 aromatic carbocycles. The Morgan fingerprint density at radius 1 is 1.24 bits per heavy atom. The highest BCUT2D eigenvalue weighted by atomic mass is 32.2. The molecule has 0 radical (unpaired) electrons. The summed E-state index contributed by atoms with van der Waals surface area (Å²) >= 11 is 4.60. The Hall–Kier alpha value is -2.23. The van der Waals surface area contributed by atoms with E-state index in [9.17, 15) is 9.59 Å². The van der Waals surface area contributed by atoms with Gasteiger partial charge < -0.3 is 15.0 Å². The molecule has 4 rings (SSSR count).